The van der Waals surface area contributed by atoms with Crippen molar-refractivity contribution >= 4 is 11.8 Å². The second-order valence-corrected chi connectivity index (χ2v) is 6.87. The number of aromatic amines is 1. The number of benzene rings is 1. The van der Waals surface area contributed by atoms with Crippen molar-refractivity contribution in [1.82, 2.24) is 14.8 Å². The maximum absolute atomic E-state index is 12.7. The largest absolute Gasteiger partial charge is 0.367 e. The maximum atomic E-state index is 12.7. The van der Waals surface area contributed by atoms with Gasteiger partial charge in [0.2, 0.25) is 5.91 Å². The molecule has 3 rings (SSSR count). The summed E-state index contributed by atoms with van der Waals surface area (Å²) in [6.07, 6.45) is 7.50. The topological polar surface area (TPSA) is 56.4 Å². The van der Waals surface area contributed by atoms with Gasteiger partial charge in [-0.3, -0.25) is 9.59 Å². The number of carbonyl (C=O) groups is 2. The number of nitrogens with zero attached hydrogens (tertiary/aromatic N) is 2. The molecule has 1 aromatic carbocycles. The minimum Gasteiger partial charge on any atom is -0.367 e. The molecule has 2 amide bonds. The van der Waals surface area contributed by atoms with Crippen LogP contribution in [-0.4, -0.2) is 52.8 Å². The summed E-state index contributed by atoms with van der Waals surface area (Å²) in [4.78, 5) is 31.7. The highest BCUT2D eigenvalue weighted by Gasteiger charge is 2.24. The van der Waals surface area contributed by atoms with Crippen molar-refractivity contribution in [1.29, 1.82) is 0 Å². The molecule has 5 heteroatoms. The second-order valence-electron chi connectivity index (χ2n) is 6.87. The third-order valence-corrected chi connectivity index (χ3v) is 4.96. The summed E-state index contributed by atoms with van der Waals surface area (Å²) in [6, 6.07) is 9.88. The predicted molar refractivity (Wildman–Crippen MR) is 102 cm³/mol. The summed E-state index contributed by atoms with van der Waals surface area (Å²) in [5, 5.41) is 0. The Morgan fingerprint density at radius 1 is 0.962 bits per heavy atom. The highest BCUT2D eigenvalue weighted by Crippen LogP contribution is 2.13. The molecule has 5 nitrogen and oxygen atoms in total. The molecule has 0 bridgehead atoms. The zero-order valence-electron chi connectivity index (χ0n) is 15.4. The van der Waals surface area contributed by atoms with Gasteiger partial charge in [0, 0.05) is 44.1 Å². The molecule has 138 valence electrons. The van der Waals surface area contributed by atoms with Crippen molar-refractivity contribution < 1.29 is 9.59 Å². The third-order valence-electron chi connectivity index (χ3n) is 4.96. The molecule has 0 saturated carbocycles. The Morgan fingerprint density at radius 3 is 2.27 bits per heavy atom. The maximum Gasteiger partial charge on any atom is 0.253 e. The first-order valence-corrected chi connectivity index (χ1v) is 9.45. The van der Waals surface area contributed by atoms with Gasteiger partial charge in [0.05, 0.1) is 6.42 Å². The van der Waals surface area contributed by atoms with Crippen molar-refractivity contribution in [3.63, 3.8) is 0 Å². The molecule has 1 aliphatic heterocycles. The van der Waals surface area contributed by atoms with Gasteiger partial charge in [-0.1, -0.05) is 25.5 Å². The van der Waals surface area contributed by atoms with Crippen LogP contribution in [0, 0.1) is 0 Å². The Kier molecular flexibility index (Phi) is 6.10. The zero-order valence-corrected chi connectivity index (χ0v) is 15.4. The fourth-order valence-electron chi connectivity index (χ4n) is 3.29. The number of H-pyrrole nitrogens is 1. The van der Waals surface area contributed by atoms with Crippen LogP contribution in [0.25, 0.3) is 0 Å². The highest BCUT2D eigenvalue weighted by molar-refractivity contribution is 5.94. The number of hydrogen-bond donors (Lipinski definition) is 1. The summed E-state index contributed by atoms with van der Waals surface area (Å²) < 4.78 is 0. The van der Waals surface area contributed by atoms with E-state index in [1.54, 1.807) is 0 Å². The van der Waals surface area contributed by atoms with Crippen LogP contribution in [0.3, 0.4) is 0 Å². The molecule has 0 radical (unpaired) electrons. The average molecular weight is 353 g/mol. The average Bonchev–Trinajstić information content (AvgIpc) is 3.19. The summed E-state index contributed by atoms with van der Waals surface area (Å²) in [5.41, 5.74) is 3.01. The number of piperazine rings is 1. The molecule has 0 spiro atoms. The lowest BCUT2D eigenvalue weighted by Gasteiger charge is -2.35. The fraction of sp³-hybridized carbons (Fsp3) is 0.429. The molecule has 2 aromatic rings. The number of rotatable bonds is 6. The van der Waals surface area contributed by atoms with E-state index in [-0.39, 0.29) is 11.8 Å². The van der Waals surface area contributed by atoms with Crippen LogP contribution in [0.2, 0.25) is 0 Å². The van der Waals surface area contributed by atoms with Crippen molar-refractivity contribution in [3.05, 3.63) is 59.4 Å². The van der Waals surface area contributed by atoms with Gasteiger partial charge in [-0.25, -0.2) is 0 Å². The van der Waals surface area contributed by atoms with Crippen LogP contribution in [0.5, 0.6) is 0 Å². The van der Waals surface area contributed by atoms with Crippen LogP contribution in [0.15, 0.2) is 42.7 Å². The quantitative estimate of drug-likeness (QED) is 0.868. The Hall–Kier alpha value is -2.56. The fourth-order valence-corrected chi connectivity index (χ4v) is 3.29. The van der Waals surface area contributed by atoms with Crippen molar-refractivity contribution in [3.8, 4) is 0 Å². The molecule has 0 atom stereocenters. The second kappa shape index (κ2) is 8.70. The minimum atomic E-state index is 0.0600. The van der Waals surface area contributed by atoms with Gasteiger partial charge in [-0.05, 0) is 42.2 Å². The van der Waals surface area contributed by atoms with Crippen LogP contribution >= 0.6 is 0 Å². The van der Waals surface area contributed by atoms with E-state index in [0.717, 1.165) is 17.5 Å². The SMILES string of the molecule is CCCCc1ccc(C(=O)N2CCN(C(=O)Cc3cc[nH]c3)CC2)cc1. The summed E-state index contributed by atoms with van der Waals surface area (Å²) in [5.74, 6) is 0.182. The summed E-state index contributed by atoms with van der Waals surface area (Å²) in [7, 11) is 0. The normalized spacial score (nSPS) is 14.5. The monoisotopic (exact) mass is 353 g/mol. The number of hydrogen-bond acceptors (Lipinski definition) is 2. The summed E-state index contributed by atoms with van der Waals surface area (Å²) in [6.45, 7) is 4.57. The van der Waals surface area contributed by atoms with Crippen LogP contribution < -0.4 is 0 Å². The van der Waals surface area contributed by atoms with Gasteiger partial charge < -0.3 is 14.8 Å². The number of aromatic nitrogens is 1. The summed E-state index contributed by atoms with van der Waals surface area (Å²) >= 11 is 0. The van der Waals surface area contributed by atoms with Crippen LogP contribution in [-0.2, 0) is 17.6 Å². The smallest absolute Gasteiger partial charge is 0.253 e. The Bertz CT molecular complexity index is 714. The molecule has 1 N–H and O–H groups in total. The standard InChI is InChI=1S/C21H27N3O2/c1-2-3-4-17-5-7-19(8-6-17)21(26)24-13-11-23(12-14-24)20(25)15-18-9-10-22-16-18/h5-10,16,22H,2-4,11-15H2,1H3. The first kappa shape index (κ1) is 18.2. The van der Waals surface area contributed by atoms with E-state index in [2.05, 4.69) is 24.0 Å². The van der Waals surface area contributed by atoms with Crippen LogP contribution in [0.4, 0.5) is 0 Å². The van der Waals surface area contributed by atoms with Crippen molar-refractivity contribution in [2.45, 2.75) is 32.6 Å². The van der Waals surface area contributed by atoms with Gasteiger partial charge in [0.25, 0.3) is 5.91 Å². The molecule has 2 heterocycles. The molecule has 26 heavy (non-hydrogen) atoms. The predicted octanol–water partition coefficient (Wildman–Crippen LogP) is 2.88. The van der Waals surface area contributed by atoms with E-state index >= 15 is 0 Å². The lowest BCUT2D eigenvalue weighted by Crippen LogP contribution is -2.51. The van der Waals surface area contributed by atoms with Gasteiger partial charge in [-0.2, -0.15) is 0 Å². The number of unbranched alkanes of at least 4 members (excludes halogenated alkanes) is 1. The molecule has 1 aliphatic rings. The Labute approximate surface area is 155 Å². The van der Waals surface area contributed by atoms with E-state index in [1.807, 2.05) is 40.4 Å². The number of carbonyl (C=O) groups excluding carboxylic acids is 2. The first-order valence-electron chi connectivity index (χ1n) is 9.45. The molecule has 1 saturated heterocycles. The van der Waals surface area contributed by atoms with Gasteiger partial charge >= 0.3 is 0 Å². The van der Waals surface area contributed by atoms with Crippen LogP contribution in [0.1, 0.15) is 41.3 Å². The van der Waals surface area contributed by atoms with Gasteiger partial charge in [0.15, 0.2) is 0 Å². The molecule has 0 unspecified atom stereocenters. The number of aryl methyl sites for hydroxylation is 1. The zero-order chi connectivity index (χ0) is 18.4. The first-order chi connectivity index (χ1) is 12.7. The van der Waals surface area contributed by atoms with E-state index < -0.39 is 0 Å². The van der Waals surface area contributed by atoms with Crippen molar-refractivity contribution in [2.24, 2.45) is 0 Å². The molecular weight excluding hydrogens is 326 g/mol. The molecular formula is C21H27N3O2. The van der Waals surface area contributed by atoms with Gasteiger partial charge in [0.1, 0.15) is 0 Å². The molecule has 0 aliphatic carbocycles. The Balaban J connectivity index is 1.50. The van der Waals surface area contributed by atoms with Crippen molar-refractivity contribution in [2.75, 3.05) is 26.2 Å². The highest BCUT2D eigenvalue weighted by atomic mass is 16.2. The number of nitrogens with one attached hydrogen (secondary N) is 1. The lowest BCUT2D eigenvalue weighted by atomic mass is 10.1. The third kappa shape index (κ3) is 4.54. The minimum absolute atomic E-state index is 0.0600. The molecule has 1 aromatic heterocycles. The van der Waals surface area contributed by atoms with E-state index in [0.29, 0.717) is 32.6 Å². The van der Waals surface area contributed by atoms with E-state index in [4.69, 9.17) is 0 Å². The number of amides is 2. The van der Waals surface area contributed by atoms with E-state index in [9.17, 15) is 9.59 Å². The van der Waals surface area contributed by atoms with Gasteiger partial charge in [-0.15, -0.1) is 0 Å². The lowest BCUT2D eigenvalue weighted by molar-refractivity contribution is -0.131. The Morgan fingerprint density at radius 2 is 1.65 bits per heavy atom. The molecule has 1 fully saturated rings. The van der Waals surface area contributed by atoms with E-state index in [1.165, 1.54) is 18.4 Å².